The molecule has 1 aliphatic heterocycles. The minimum Gasteiger partial charge on any atom is -0.337 e. The molecule has 1 fully saturated rings. The van der Waals surface area contributed by atoms with Crippen molar-refractivity contribution in [2.24, 2.45) is 5.41 Å². The van der Waals surface area contributed by atoms with Gasteiger partial charge in [0, 0.05) is 12.1 Å². The highest BCUT2D eigenvalue weighted by molar-refractivity contribution is 6.00. The Kier molecular flexibility index (Phi) is 3.31. The van der Waals surface area contributed by atoms with E-state index in [-0.39, 0.29) is 11.9 Å². The number of nitrogens with one attached hydrogen (secondary N) is 1. The average molecular weight is 226 g/mol. The number of hydrogen-bond acceptors (Lipinski definition) is 2. The molecule has 0 spiro atoms. The van der Waals surface area contributed by atoms with Crippen molar-refractivity contribution >= 4 is 11.9 Å². The molecule has 0 saturated carbocycles. The molecule has 16 heavy (non-hydrogen) atoms. The van der Waals surface area contributed by atoms with Crippen molar-refractivity contribution < 1.29 is 9.59 Å². The lowest BCUT2D eigenvalue weighted by molar-refractivity contribution is -0.145. The maximum Gasteiger partial charge on any atom is 0.324 e. The smallest absolute Gasteiger partial charge is 0.324 e. The van der Waals surface area contributed by atoms with E-state index in [1.54, 1.807) is 0 Å². The lowest BCUT2D eigenvalue weighted by Gasteiger charge is -2.45. The Labute approximate surface area is 97.4 Å². The topological polar surface area (TPSA) is 49.4 Å². The lowest BCUT2D eigenvalue weighted by Crippen LogP contribution is -2.65. The van der Waals surface area contributed by atoms with Gasteiger partial charge in [0.15, 0.2) is 0 Å². The molecular weight excluding hydrogens is 204 g/mol. The van der Waals surface area contributed by atoms with Gasteiger partial charge in [-0.25, -0.2) is 4.79 Å². The van der Waals surface area contributed by atoms with E-state index in [0.29, 0.717) is 6.54 Å². The quantitative estimate of drug-likeness (QED) is 0.784. The number of imide groups is 1. The van der Waals surface area contributed by atoms with Crippen molar-refractivity contribution in [2.45, 2.75) is 53.0 Å². The first kappa shape index (κ1) is 13.0. The summed E-state index contributed by atoms with van der Waals surface area (Å²) < 4.78 is 0. The molecule has 0 unspecified atom stereocenters. The van der Waals surface area contributed by atoms with Gasteiger partial charge in [0.05, 0.1) is 5.41 Å². The Morgan fingerprint density at radius 1 is 1.25 bits per heavy atom. The van der Waals surface area contributed by atoms with E-state index in [2.05, 4.69) is 5.32 Å². The van der Waals surface area contributed by atoms with Crippen LogP contribution in [0.4, 0.5) is 4.79 Å². The van der Waals surface area contributed by atoms with E-state index in [4.69, 9.17) is 0 Å². The molecule has 0 radical (unpaired) electrons. The van der Waals surface area contributed by atoms with Crippen LogP contribution in [0.25, 0.3) is 0 Å². The number of amides is 3. The Balaban J connectivity index is 3.09. The van der Waals surface area contributed by atoms with Gasteiger partial charge in [0.1, 0.15) is 0 Å². The predicted molar refractivity (Wildman–Crippen MR) is 63.0 cm³/mol. The minimum atomic E-state index is -0.461. The fraction of sp³-hybridized carbons (Fsp3) is 0.833. The highest BCUT2D eigenvalue weighted by Gasteiger charge is 2.48. The Morgan fingerprint density at radius 3 is 2.12 bits per heavy atom. The van der Waals surface area contributed by atoms with Crippen LogP contribution in [0.15, 0.2) is 0 Å². The van der Waals surface area contributed by atoms with Crippen molar-refractivity contribution in [1.82, 2.24) is 10.2 Å². The number of rotatable bonds is 2. The summed E-state index contributed by atoms with van der Waals surface area (Å²) >= 11 is 0. The molecule has 0 aromatic heterocycles. The number of urea groups is 1. The van der Waals surface area contributed by atoms with Gasteiger partial charge in [-0.15, -0.1) is 0 Å². The van der Waals surface area contributed by atoms with Crippen molar-refractivity contribution in [3.63, 3.8) is 0 Å². The third-order valence-corrected chi connectivity index (χ3v) is 3.46. The van der Waals surface area contributed by atoms with Gasteiger partial charge in [0.2, 0.25) is 5.91 Å². The summed E-state index contributed by atoms with van der Waals surface area (Å²) in [6.45, 7) is 10.1. The van der Waals surface area contributed by atoms with Crippen LogP contribution in [0, 0.1) is 5.41 Å². The SMILES string of the molecule is CCC1(CC)CNC(=O)N(C(C)(C)C)C1=O. The first-order valence-electron chi connectivity index (χ1n) is 5.91. The van der Waals surface area contributed by atoms with Crippen LogP contribution in [-0.2, 0) is 4.79 Å². The molecule has 3 amide bonds. The molecule has 1 rings (SSSR count). The van der Waals surface area contributed by atoms with Gasteiger partial charge < -0.3 is 5.32 Å². The monoisotopic (exact) mass is 226 g/mol. The summed E-state index contributed by atoms with van der Waals surface area (Å²) in [6, 6.07) is -0.268. The second-order valence-electron chi connectivity index (χ2n) is 5.46. The molecule has 0 aromatic rings. The standard InChI is InChI=1S/C12H22N2O2/c1-6-12(7-2)8-13-10(16)14(9(12)15)11(3,4)5/h6-8H2,1-5H3,(H,13,16). The molecule has 0 aliphatic carbocycles. The van der Waals surface area contributed by atoms with Gasteiger partial charge in [-0.05, 0) is 33.6 Å². The summed E-state index contributed by atoms with van der Waals surface area (Å²) in [7, 11) is 0. The van der Waals surface area contributed by atoms with Gasteiger partial charge in [-0.2, -0.15) is 0 Å². The normalized spacial score (nSPS) is 20.9. The number of carbonyl (C=O) groups is 2. The molecule has 0 atom stereocenters. The van der Waals surface area contributed by atoms with Crippen molar-refractivity contribution in [3.05, 3.63) is 0 Å². The van der Waals surface area contributed by atoms with Gasteiger partial charge in [-0.1, -0.05) is 13.8 Å². The average Bonchev–Trinajstić information content (AvgIpc) is 2.17. The number of carbonyl (C=O) groups excluding carboxylic acids is 2. The van der Waals surface area contributed by atoms with Crippen LogP contribution in [0.3, 0.4) is 0 Å². The van der Waals surface area contributed by atoms with Crippen LogP contribution in [0.1, 0.15) is 47.5 Å². The third-order valence-electron chi connectivity index (χ3n) is 3.46. The van der Waals surface area contributed by atoms with Gasteiger partial charge >= 0.3 is 6.03 Å². The van der Waals surface area contributed by atoms with E-state index < -0.39 is 11.0 Å². The van der Waals surface area contributed by atoms with Crippen LogP contribution < -0.4 is 5.32 Å². The van der Waals surface area contributed by atoms with E-state index in [9.17, 15) is 9.59 Å². The van der Waals surface area contributed by atoms with Crippen LogP contribution in [-0.4, -0.2) is 28.9 Å². The first-order chi connectivity index (χ1) is 7.28. The maximum atomic E-state index is 12.4. The van der Waals surface area contributed by atoms with Crippen LogP contribution in [0.2, 0.25) is 0 Å². The van der Waals surface area contributed by atoms with Crippen molar-refractivity contribution in [1.29, 1.82) is 0 Å². The van der Waals surface area contributed by atoms with E-state index in [1.165, 1.54) is 4.90 Å². The fourth-order valence-electron chi connectivity index (χ4n) is 2.14. The first-order valence-corrected chi connectivity index (χ1v) is 5.91. The summed E-state index contributed by atoms with van der Waals surface area (Å²) in [6.07, 6.45) is 1.52. The predicted octanol–water partition coefficient (Wildman–Crippen LogP) is 2.14. The minimum absolute atomic E-state index is 0.0336. The van der Waals surface area contributed by atoms with Gasteiger partial charge in [0.25, 0.3) is 0 Å². The highest BCUT2D eigenvalue weighted by Crippen LogP contribution is 2.34. The van der Waals surface area contributed by atoms with Crippen molar-refractivity contribution in [2.75, 3.05) is 6.54 Å². The molecule has 4 nitrogen and oxygen atoms in total. The molecule has 1 N–H and O–H groups in total. The van der Waals surface area contributed by atoms with E-state index >= 15 is 0 Å². The molecule has 0 aromatic carbocycles. The zero-order valence-electron chi connectivity index (χ0n) is 10.9. The molecule has 4 heteroatoms. The summed E-state index contributed by atoms with van der Waals surface area (Å²) in [5.41, 5.74) is -0.877. The highest BCUT2D eigenvalue weighted by atomic mass is 16.2. The van der Waals surface area contributed by atoms with Crippen LogP contribution >= 0.6 is 0 Å². The van der Waals surface area contributed by atoms with Crippen LogP contribution in [0.5, 0.6) is 0 Å². The summed E-state index contributed by atoms with van der Waals surface area (Å²) in [5, 5.41) is 2.83. The number of hydrogen-bond donors (Lipinski definition) is 1. The Bertz CT molecular complexity index is 301. The fourth-order valence-corrected chi connectivity index (χ4v) is 2.14. The van der Waals surface area contributed by atoms with Gasteiger partial charge in [-0.3, -0.25) is 9.69 Å². The molecule has 1 saturated heterocycles. The number of nitrogens with zero attached hydrogens (tertiary/aromatic N) is 1. The molecule has 0 bridgehead atoms. The second-order valence-corrected chi connectivity index (χ2v) is 5.46. The summed E-state index contributed by atoms with van der Waals surface area (Å²) in [4.78, 5) is 25.6. The van der Waals surface area contributed by atoms with E-state index in [1.807, 2.05) is 34.6 Å². The zero-order valence-corrected chi connectivity index (χ0v) is 10.9. The molecule has 1 heterocycles. The van der Waals surface area contributed by atoms with E-state index in [0.717, 1.165) is 12.8 Å². The second kappa shape index (κ2) is 4.07. The molecular formula is C12H22N2O2. The Hall–Kier alpha value is -1.06. The summed E-state index contributed by atoms with van der Waals surface area (Å²) in [5.74, 6) is -0.0336. The third kappa shape index (κ3) is 1.93. The molecule has 1 aliphatic rings. The maximum absolute atomic E-state index is 12.4. The Morgan fingerprint density at radius 2 is 1.75 bits per heavy atom. The lowest BCUT2D eigenvalue weighted by atomic mass is 9.78. The zero-order chi connectivity index (χ0) is 12.6. The van der Waals surface area contributed by atoms with Crippen molar-refractivity contribution in [3.8, 4) is 0 Å². The largest absolute Gasteiger partial charge is 0.337 e. The molecule has 92 valence electrons.